The largest absolute Gasteiger partial charge is 0.493 e. The van der Waals surface area contributed by atoms with Gasteiger partial charge in [-0.05, 0) is 50.1 Å². The fourth-order valence-corrected chi connectivity index (χ4v) is 2.97. The molecule has 1 aliphatic rings. The predicted octanol–water partition coefficient (Wildman–Crippen LogP) is 0.452. The Hall–Kier alpha value is -4.28. The van der Waals surface area contributed by atoms with E-state index in [1.54, 1.807) is 24.3 Å². The minimum absolute atomic E-state index is 0.0415. The summed E-state index contributed by atoms with van der Waals surface area (Å²) in [5.41, 5.74) is 0.973. The lowest BCUT2D eigenvalue weighted by molar-refractivity contribution is 0.101. The standard InChI is InChI=1S/C20H17N7O4/c1-10(28)11-2-6-14(7-3-11)31-20-24-16-12(8-15-17(29)25-19(30)23-15)9-21-27(16)18(26-20)22-13-4-5-13/h2-3,6-9,13,29H,4-5H2,1H3,(H2,23,25,30)/b12-8-,22-18?. The van der Waals surface area contributed by atoms with Crippen molar-refractivity contribution in [1.82, 2.24) is 29.5 Å². The van der Waals surface area contributed by atoms with Crippen LogP contribution < -0.4 is 21.3 Å². The number of hydrogen-bond acceptors (Lipinski definition) is 8. The highest BCUT2D eigenvalue weighted by atomic mass is 16.5. The molecule has 0 saturated heterocycles. The van der Waals surface area contributed by atoms with Gasteiger partial charge in [0.1, 0.15) is 11.4 Å². The lowest BCUT2D eigenvalue weighted by atomic mass is 10.1. The molecule has 5 rings (SSSR count). The number of nitrogens with zero attached hydrogens (tertiary/aromatic N) is 5. The molecule has 11 heteroatoms. The maximum absolute atomic E-state index is 11.5. The van der Waals surface area contributed by atoms with Crippen LogP contribution >= 0.6 is 0 Å². The molecule has 31 heavy (non-hydrogen) atoms. The highest BCUT2D eigenvalue weighted by Gasteiger charge is 2.21. The topological polar surface area (TPSA) is 151 Å². The highest BCUT2D eigenvalue weighted by Crippen LogP contribution is 2.22. The molecule has 1 aliphatic carbocycles. The fourth-order valence-electron chi connectivity index (χ4n) is 2.97. The fraction of sp³-hybridized carbons (Fsp3) is 0.200. The van der Waals surface area contributed by atoms with E-state index < -0.39 is 5.69 Å². The number of H-pyrrole nitrogens is 2. The van der Waals surface area contributed by atoms with E-state index in [0.29, 0.717) is 27.8 Å². The van der Waals surface area contributed by atoms with Gasteiger partial charge in [0.15, 0.2) is 11.4 Å². The van der Waals surface area contributed by atoms with Gasteiger partial charge in [-0.3, -0.25) is 9.78 Å². The van der Waals surface area contributed by atoms with Crippen molar-refractivity contribution in [3.8, 4) is 17.6 Å². The Morgan fingerprint density at radius 2 is 2.03 bits per heavy atom. The Morgan fingerprint density at radius 3 is 2.68 bits per heavy atom. The minimum atomic E-state index is -0.530. The zero-order valence-corrected chi connectivity index (χ0v) is 16.4. The van der Waals surface area contributed by atoms with Gasteiger partial charge in [0.2, 0.25) is 5.88 Å². The van der Waals surface area contributed by atoms with Crippen molar-refractivity contribution < 1.29 is 14.6 Å². The molecular weight excluding hydrogens is 402 g/mol. The second kappa shape index (κ2) is 7.20. The number of Topliss-reactive ketones (excluding diaryl/α,β-unsaturated/α-hetero) is 1. The average Bonchev–Trinajstić information content (AvgIpc) is 3.37. The van der Waals surface area contributed by atoms with Crippen LogP contribution in [0.25, 0.3) is 11.7 Å². The summed E-state index contributed by atoms with van der Waals surface area (Å²) in [7, 11) is 0. The summed E-state index contributed by atoms with van der Waals surface area (Å²) in [5.74, 6) is 0.132. The van der Waals surface area contributed by atoms with Gasteiger partial charge in [-0.15, -0.1) is 0 Å². The van der Waals surface area contributed by atoms with Gasteiger partial charge in [-0.25, -0.2) is 9.79 Å². The third-order valence-electron chi connectivity index (χ3n) is 4.71. The summed E-state index contributed by atoms with van der Waals surface area (Å²) in [6.45, 7) is 1.49. The highest BCUT2D eigenvalue weighted by molar-refractivity contribution is 5.94. The van der Waals surface area contributed by atoms with Gasteiger partial charge in [0, 0.05) is 10.8 Å². The van der Waals surface area contributed by atoms with Gasteiger partial charge in [-0.2, -0.15) is 19.6 Å². The SMILES string of the molecule is CC(=O)c1ccc(Oc2nc(=NC3CC3)n3nc/c(=C/c4[nH]c(=O)[nH]c4O)c3n2)cc1. The van der Waals surface area contributed by atoms with E-state index in [1.807, 2.05) is 0 Å². The van der Waals surface area contributed by atoms with Crippen LogP contribution in [0.3, 0.4) is 0 Å². The van der Waals surface area contributed by atoms with Gasteiger partial charge < -0.3 is 14.8 Å². The summed E-state index contributed by atoms with van der Waals surface area (Å²) < 4.78 is 7.29. The number of benzene rings is 1. The van der Waals surface area contributed by atoms with Crippen molar-refractivity contribution in [3.05, 3.63) is 63.0 Å². The average molecular weight is 419 g/mol. The number of imidazole rings is 1. The molecule has 0 spiro atoms. The summed E-state index contributed by atoms with van der Waals surface area (Å²) in [6.07, 6.45) is 5.03. The molecule has 0 aliphatic heterocycles. The van der Waals surface area contributed by atoms with Gasteiger partial charge in [-0.1, -0.05) is 0 Å². The number of carbonyl (C=O) groups is 1. The number of aromatic hydroxyl groups is 1. The first-order valence-electron chi connectivity index (χ1n) is 9.58. The minimum Gasteiger partial charge on any atom is -0.493 e. The van der Waals surface area contributed by atoms with Crippen molar-refractivity contribution in [2.45, 2.75) is 25.8 Å². The van der Waals surface area contributed by atoms with E-state index in [-0.39, 0.29) is 29.4 Å². The van der Waals surface area contributed by atoms with Crippen LogP contribution in [-0.4, -0.2) is 46.5 Å². The first kappa shape index (κ1) is 18.7. The number of ketones is 1. The van der Waals surface area contributed by atoms with Crippen molar-refractivity contribution >= 4 is 17.5 Å². The molecule has 1 fully saturated rings. The van der Waals surface area contributed by atoms with E-state index in [1.165, 1.54) is 23.7 Å². The Morgan fingerprint density at radius 1 is 1.26 bits per heavy atom. The van der Waals surface area contributed by atoms with Crippen LogP contribution in [0, 0.1) is 0 Å². The molecule has 3 aromatic heterocycles. The Kier molecular flexibility index (Phi) is 4.35. The lowest BCUT2D eigenvalue weighted by Crippen LogP contribution is -2.23. The molecule has 0 amide bonds. The number of aromatic amines is 2. The summed E-state index contributed by atoms with van der Waals surface area (Å²) in [6, 6.07) is 6.89. The molecule has 11 nitrogen and oxygen atoms in total. The van der Waals surface area contributed by atoms with Crippen molar-refractivity contribution in [1.29, 1.82) is 0 Å². The van der Waals surface area contributed by atoms with E-state index in [4.69, 9.17) is 4.74 Å². The molecule has 3 N–H and O–H groups in total. The third-order valence-corrected chi connectivity index (χ3v) is 4.71. The Labute approximate surface area is 173 Å². The van der Waals surface area contributed by atoms with Crippen molar-refractivity contribution in [2.24, 2.45) is 4.99 Å². The van der Waals surface area contributed by atoms with Crippen LogP contribution in [0.1, 0.15) is 35.8 Å². The molecule has 1 saturated carbocycles. The number of fused-ring (bicyclic) bond motifs is 1. The molecule has 0 atom stereocenters. The Bertz CT molecular complexity index is 1480. The van der Waals surface area contributed by atoms with E-state index in [9.17, 15) is 14.7 Å². The molecule has 0 unspecified atom stereocenters. The molecule has 0 radical (unpaired) electrons. The number of rotatable bonds is 5. The molecular formula is C20H17N7O4. The monoisotopic (exact) mass is 419 g/mol. The summed E-state index contributed by atoms with van der Waals surface area (Å²) >= 11 is 0. The number of carbonyl (C=O) groups excluding carboxylic acids is 1. The normalized spacial score (nSPS) is 15.0. The lowest BCUT2D eigenvalue weighted by Gasteiger charge is -2.05. The number of hydrogen-bond donors (Lipinski definition) is 3. The first-order chi connectivity index (χ1) is 15.0. The maximum Gasteiger partial charge on any atom is 0.327 e. The molecule has 1 aromatic carbocycles. The van der Waals surface area contributed by atoms with Crippen LogP contribution in [0.15, 0.2) is 40.2 Å². The predicted molar refractivity (Wildman–Crippen MR) is 108 cm³/mol. The number of ether oxygens (including phenoxy) is 1. The summed E-state index contributed by atoms with van der Waals surface area (Å²) in [4.78, 5) is 41.0. The van der Waals surface area contributed by atoms with Crippen molar-refractivity contribution in [3.63, 3.8) is 0 Å². The van der Waals surface area contributed by atoms with Crippen LogP contribution in [0.4, 0.5) is 0 Å². The van der Waals surface area contributed by atoms with Gasteiger partial charge >= 0.3 is 11.7 Å². The molecule has 3 heterocycles. The van der Waals surface area contributed by atoms with Crippen LogP contribution in [0.2, 0.25) is 0 Å². The zero-order valence-electron chi connectivity index (χ0n) is 16.4. The first-order valence-corrected chi connectivity index (χ1v) is 9.58. The zero-order chi connectivity index (χ0) is 21.5. The van der Waals surface area contributed by atoms with E-state index in [0.717, 1.165) is 12.8 Å². The second-order valence-corrected chi connectivity index (χ2v) is 7.17. The smallest absolute Gasteiger partial charge is 0.327 e. The van der Waals surface area contributed by atoms with Gasteiger partial charge in [0.25, 0.3) is 5.62 Å². The number of nitrogens with one attached hydrogen (secondary N) is 2. The van der Waals surface area contributed by atoms with Gasteiger partial charge in [0.05, 0.1) is 12.2 Å². The van der Waals surface area contributed by atoms with Crippen LogP contribution in [-0.2, 0) is 0 Å². The molecule has 4 aromatic rings. The molecule has 0 bridgehead atoms. The summed E-state index contributed by atoms with van der Waals surface area (Å²) in [5, 5.41) is 14.7. The van der Waals surface area contributed by atoms with Crippen molar-refractivity contribution in [2.75, 3.05) is 0 Å². The quantitative estimate of drug-likeness (QED) is 0.397. The van der Waals surface area contributed by atoms with E-state index >= 15 is 0 Å². The number of aromatic nitrogens is 6. The maximum atomic E-state index is 11.5. The molecule has 156 valence electrons. The Balaban J connectivity index is 1.62. The second-order valence-electron chi connectivity index (χ2n) is 7.17. The van der Waals surface area contributed by atoms with Crippen LogP contribution in [0.5, 0.6) is 17.6 Å². The van der Waals surface area contributed by atoms with E-state index in [2.05, 4.69) is 30.0 Å². The third kappa shape index (κ3) is 3.80.